The maximum Gasteiger partial charge on any atom is 0.269 e. The minimum absolute atomic E-state index is 0.0505. The van der Waals surface area contributed by atoms with Crippen LogP contribution in [0.3, 0.4) is 0 Å². The topological polar surface area (TPSA) is 60.4 Å². The fourth-order valence-electron chi connectivity index (χ4n) is 3.19. The largest absolute Gasteiger partial charge is 0.316 e. The lowest BCUT2D eigenvalue weighted by Gasteiger charge is -2.10. The molecular weight excluding hydrogens is 489 g/mol. The van der Waals surface area contributed by atoms with E-state index >= 15 is 0 Å². The van der Waals surface area contributed by atoms with Gasteiger partial charge in [-0.3, -0.25) is 10.1 Å². The van der Waals surface area contributed by atoms with Crippen molar-refractivity contribution in [2.45, 2.75) is 13.0 Å². The lowest BCUT2D eigenvalue weighted by atomic mass is 10.1. The van der Waals surface area contributed by atoms with Gasteiger partial charge in [0.25, 0.3) is 5.69 Å². The lowest BCUT2D eigenvalue weighted by Crippen LogP contribution is -2.17. The third-order valence-electron chi connectivity index (χ3n) is 4.83. The molecule has 0 radical (unpaired) electrons. The van der Waals surface area contributed by atoms with Crippen LogP contribution in [0, 0.1) is 10.1 Å². The van der Waals surface area contributed by atoms with E-state index in [2.05, 4.69) is 4.57 Å². The summed E-state index contributed by atoms with van der Waals surface area (Å²) in [6, 6.07) is 19.4. The highest BCUT2D eigenvalue weighted by atomic mass is 35.5. The van der Waals surface area contributed by atoms with Gasteiger partial charge in [-0.05, 0) is 60.0 Å². The highest BCUT2D eigenvalue weighted by Crippen LogP contribution is 2.28. The number of non-ortho nitro benzene ring substituents is 1. The zero-order chi connectivity index (χ0) is 22.7. The molecular formula is C23H16Cl3N3O2S. The van der Waals surface area contributed by atoms with Gasteiger partial charge in [-0.1, -0.05) is 46.9 Å². The summed E-state index contributed by atoms with van der Waals surface area (Å²) in [5, 5.41) is 14.7. The SMILES string of the molecule is O=[N+]([O-])c1ccc(-c2csc(=Nc3ccc(Cl)cc3Cl)n2CCc2ccc(Cl)cc2)cc1. The fourth-order valence-corrected chi connectivity index (χ4v) is 4.71. The van der Waals surface area contributed by atoms with Crippen molar-refractivity contribution in [2.75, 3.05) is 0 Å². The molecule has 3 aromatic carbocycles. The normalized spacial score (nSPS) is 11.7. The molecule has 1 heterocycles. The molecule has 1 aromatic heterocycles. The Labute approximate surface area is 203 Å². The van der Waals surface area contributed by atoms with E-state index in [-0.39, 0.29) is 5.69 Å². The molecule has 162 valence electrons. The van der Waals surface area contributed by atoms with Crippen LogP contribution in [0.15, 0.2) is 77.1 Å². The Morgan fingerprint density at radius 2 is 1.62 bits per heavy atom. The predicted octanol–water partition coefficient (Wildman–Crippen LogP) is 7.56. The maximum absolute atomic E-state index is 11.0. The molecule has 0 unspecified atom stereocenters. The zero-order valence-corrected chi connectivity index (χ0v) is 19.6. The van der Waals surface area contributed by atoms with Crippen molar-refractivity contribution in [3.8, 4) is 11.3 Å². The van der Waals surface area contributed by atoms with Crippen LogP contribution >= 0.6 is 46.1 Å². The summed E-state index contributed by atoms with van der Waals surface area (Å²) < 4.78 is 2.09. The van der Waals surface area contributed by atoms with Gasteiger partial charge in [0.2, 0.25) is 0 Å². The molecule has 32 heavy (non-hydrogen) atoms. The number of thiazole rings is 1. The third kappa shape index (κ3) is 5.22. The minimum Gasteiger partial charge on any atom is -0.316 e. The Balaban J connectivity index is 1.76. The summed E-state index contributed by atoms with van der Waals surface area (Å²) in [6.07, 6.45) is 0.759. The molecule has 5 nitrogen and oxygen atoms in total. The van der Waals surface area contributed by atoms with E-state index in [1.54, 1.807) is 30.3 Å². The van der Waals surface area contributed by atoms with Crippen molar-refractivity contribution in [2.24, 2.45) is 4.99 Å². The second-order valence-electron chi connectivity index (χ2n) is 6.94. The van der Waals surface area contributed by atoms with Crippen LogP contribution in [0.4, 0.5) is 11.4 Å². The van der Waals surface area contributed by atoms with Crippen LogP contribution in [0.5, 0.6) is 0 Å². The quantitative estimate of drug-likeness (QED) is 0.201. The first-order valence-corrected chi connectivity index (χ1v) is 11.6. The van der Waals surface area contributed by atoms with E-state index in [1.165, 1.54) is 23.5 Å². The van der Waals surface area contributed by atoms with Gasteiger partial charge in [0.05, 0.1) is 21.3 Å². The zero-order valence-electron chi connectivity index (χ0n) is 16.5. The Hall–Kier alpha value is -2.64. The molecule has 9 heteroatoms. The lowest BCUT2D eigenvalue weighted by molar-refractivity contribution is -0.384. The smallest absolute Gasteiger partial charge is 0.269 e. The number of aromatic nitrogens is 1. The van der Waals surface area contributed by atoms with Gasteiger partial charge in [-0.25, -0.2) is 4.99 Å². The molecule has 0 atom stereocenters. The fraction of sp³-hybridized carbons (Fsp3) is 0.0870. The number of halogens is 3. The van der Waals surface area contributed by atoms with Gasteiger partial charge in [-0.2, -0.15) is 0 Å². The first-order valence-electron chi connectivity index (χ1n) is 9.58. The van der Waals surface area contributed by atoms with Crippen LogP contribution in [0.1, 0.15) is 5.56 Å². The standard InChI is InChI=1S/C23H16Cl3N3O2S/c24-17-5-1-15(2-6-17)11-12-28-22(16-3-8-19(9-4-16)29(30)31)14-32-23(28)27-21-10-7-18(25)13-20(21)26/h1-10,13-14H,11-12H2. The van der Waals surface area contributed by atoms with Gasteiger partial charge >= 0.3 is 0 Å². The molecule has 0 bridgehead atoms. The highest BCUT2D eigenvalue weighted by molar-refractivity contribution is 7.07. The van der Waals surface area contributed by atoms with Crippen LogP contribution in [-0.4, -0.2) is 9.49 Å². The van der Waals surface area contributed by atoms with E-state index < -0.39 is 4.92 Å². The number of rotatable bonds is 6. The van der Waals surface area contributed by atoms with E-state index in [1.807, 2.05) is 29.6 Å². The van der Waals surface area contributed by atoms with Crippen molar-refractivity contribution in [1.82, 2.24) is 4.57 Å². The van der Waals surface area contributed by atoms with Gasteiger partial charge in [0, 0.05) is 34.1 Å². The average Bonchev–Trinajstić information content (AvgIpc) is 3.17. The number of nitro groups is 1. The molecule has 0 spiro atoms. The number of hydrogen-bond acceptors (Lipinski definition) is 4. The summed E-state index contributed by atoms with van der Waals surface area (Å²) >= 11 is 19.8. The highest BCUT2D eigenvalue weighted by Gasteiger charge is 2.12. The minimum atomic E-state index is -0.407. The van der Waals surface area contributed by atoms with Gasteiger partial charge in [0.1, 0.15) is 0 Å². The summed E-state index contributed by atoms with van der Waals surface area (Å²) in [7, 11) is 0. The third-order valence-corrected chi connectivity index (χ3v) is 6.49. The van der Waals surface area contributed by atoms with E-state index in [0.717, 1.165) is 28.0 Å². The molecule has 4 rings (SSSR count). The molecule has 0 saturated carbocycles. The second kappa shape index (κ2) is 9.88. The number of hydrogen-bond donors (Lipinski definition) is 0. The van der Waals surface area contributed by atoms with Crippen molar-refractivity contribution in [3.63, 3.8) is 0 Å². The number of benzene rings is 3. The summed E-state index contributed by atoms with van der Waals surface area (Å²) in [5.74, 6) is 0. The molecule has 0 aliphatic heterocycles. The number of nitro benzene ring substituents is 1. The molecule has 0 aliphatic rings. The molecule has 0 fully saturated rings. The first kappa shape index (κ1) is 22.6. The average molecular weight is 505 g/mol. The maximum atomic E-state index is 11.0. The Bertz CT molecular complexity index is 1330. The van der Waals surface area contributed by atoms with Crippen LogP contribution in [0.25, 0.3) is 11.3 Å². The van der Waals surface area contributed by atoms with Gasteiger partial charge in [-0.15, -0.1) is 11.3 Å². The van der Waals surface area contributed by atoms with Crippen molar-refractivity contribution in [1.29, 1.82) is 0 Å². The van der Waals surface area contributed by atoms with E-state index in [4.69, 9.17) is 39.8 Å². The van der Waals surface area contributed by atoms with Crippen molar-refractivity contribution >= 4 is 57.5 Å². The predicted molar refractivity (Wildman–Crippen MR) is 131 cm³/mol. The summed E-state index contributed by atoms with van der Waals surface area (Å²) in [5.41, 5.74) is 3.59. The molecule has 4 aromatic rings. The van der Waals surface area contributed by atoms with Crippen LogP contribution in [0.2, 0.25) is 15.1 Å². The first-order chi connectivity index (χ1) is 15.4. The van der Waals surface area contributed by atoms with E-state index in [9.17, 15) is 10.1 Å². The Morgan fingerprint density at radius 3 is 2.28 bits per heavy atom. The molecule has 0 aliphatic carbocycles. The van der Waals surface area contributed by atoms with Crippen LogP contribution < -0.4 is 4.80 Å². The van der Waals surface area contributed by atoms with Crippen molar-refractivity contribution < 1.29 is 4.92 Å². The number of nitrogens with zero attached hydrogens (tertiary/aromatic N) is 3. The number of aryl methyl sites for hydroxylation is 1. The molecule has 0 amide bonds. The molecule has 0 saturated heterocycles. The molecule has 0 N–H and O–H groups in total. The van der Waals surface area contributed by atoms with Crippen molar-refractivity contribution in [3.05, 3.63) is 108 Å². The van der Waals surface area contributed by atoms with E-state index in [0.29, 0.717) is 27.3 Å². The van der Waals surface area contributed by atoms with Crippen LogP contribution in [-0.2, 0) is 13.0 Å². The Kier molecular flexibility index (Phi) is 6.96. The monoisotopic (exact) mass is 503 g/mol. The second-order valence-corrected chi connectivity index (χ2v) is 9.06. The summed E-state index contributed by atoms with van der Waals surface area (Å²) in [4.78, 5) is 16.1. The van der Waals surface area contributed by atoms with Gasteiger partial charge < -0.3 is 4.57 Å². The Morgan fingerprint density at radius 1 is 0.938 bits per heavy atom. The summed E-state index contributed by atoms with van der Waals surface area (Å²) in [6.45, 7) is 0.654. The van der Waals surface area contributed by atoms with Gasteiger partial charge in [0.15, 0.2) is 4.80 Å².